The minimum Gasteiger partial charge on any atom is -0.473 e. The predicted octanol–water partition coefficient (Wildman–Crippen LogP) is 6.18. The van der Waals surface area contributed by atoms with Gasteiger partial charge in [-0.25, -0.2) is 13.9 Å². The fourth-order valence-corrected chi connectivity index (χ4v) is 4.66. The molecule has 0 unspecified atom stereocenters. The summed E-state index contributed by atoms with van der Waals surface area (Å²) in [5.74, 6) is 0.664. The first-order chi connectivity index (χ1) is 18.3. The molecule has 0 bridgehead atoms. The summed E-state index contributed by atoms with van der Waals surface area (Å²) in [5.41, 5.74) is 1.24. The molecular formula is C27H32Cl2FN5O3. The number of carbonyl (C=O) groups is 1. The summed E-state index contributed by atoms with van der Waals surface area (Å²) in [6.45, 7) is 3.45. The Balaban J connectivity index is 1.57. The van der Waals surface area contributed by atoms with Crippen LogP contribution >= 0.6 is 23.2 Å². The fraction of sp³-hybridized carbons (Fsp3) is 0.407. The van der Waals surface area contributed by atoms with E-state index in [0.717, 1.165) is 12.0 Å². The molecule has 1 aliphatic rings. The molecule has 0 spiro atoms. The van der Waals surface area contributed by atoms with Gasteiger partial charge in [0, 0.05) is 19.4 Å². The maximum absolute atomic E-state index is 15.2. The zero-order valence-corrected chi connectivity index (χ0v) is 23.0. The molecule has 0 radical (unpaired) electrons. The molecule has 2 heterocycles. The number of piperidine rings is 1. The summed E-state index contributed by atoms with van der Waals surface area (Å²) < 4.78 is 27.8. The van der Waals surface area contributed by atoms with E-state index in [-0.39, 0.29) is 12.5 Å². The van der Waals surface area contributed by atoms with E-state index < -0.39 is 11.7 Å². The maximum Gasteiger partial charge on any atom is 0.324 e. The van der Waals surface area contributed by atoms with Crippen molar-refractivity contribution in [3.63, 3.8) is 0 Å². The molecule has 3 aromatic rings. The van der Waals surface area contributed by atoms with Crippen molar-refractivity contribution < 1.29 is 18.7 Å². The van der Waals surface area contributed by atoms with Crippen LogP contribution in [-0.4, -0.2) is 54.9 Å². The summed E-state index contributed by atoms with van der Waals surface area (Å²) in [5, 5.41) is 14.2. The van der Waals surface area contributed by atoms with Crippen molar-refractivity contribution in [2.45, 2.75) is 38.3 Å². The van der Waals surface area contributed by atoms with Crippen LogP contribution < -0.4 is 20.7 Å². The standard InChI is InChI=1S/C27H32Cl2FN5O3/c1-18-24(33-26(36)32-23-16-22(29)21(28)15-19(23)7-6-14-37-2)35(20-8-4-3-5-9-20)34-25(18)38-17-27(30)10-12-31-13-11-27/h3-5,8-9,15-16,31H,6-7,10-14,17H2,1-2H3,(H2,32,33,36). The molecule has 4 rings (SSSR count). The number of nitrogens with one attached hydrogen (secondary N) is 3. The first-order valence-corrected chi connectivity index (χ1v) is 13.3. The smallest absolute Gasteiger partial charge is 0.324 e. The molecule has 1 aliphatic heterocycles. The minimum absolute atomic E-state index is 0.110. The number of carbonyl (C=O) groups excluding carboxylic acids is 1. The third-order valence-corrected chi connectivity index (χ3v) is 7.19. The number of aromatic nitrogens is 2. The Morgan fingerprint density at radius 3 is 2.58 bits per heavy atom. The van der Waals surface area contributed by atoms with Crippen LogP contribution in [0, 0.1) is 6.92 Å². The van der Waals surface area contributed by atoms with E-state index in [1.165, 1.54) is 0 Å². The highest BCUT2D eigenvalue weighted by atomic mass is 35.5. The summed E-state index contributed by atoms with van der Waals surface area (Å²) in [6, 6.07) is 12.2. The van der Waals surface area contributed by atoms with Crippen molar-refractivity contribution >= 4 is 40.7 Å². The molecule has 11 heteroatoms. The normalized spacial score (nSPS) is 14.8. The second-order valence-corrected chi connectivity index (χ2v) is 10.1. The summed E-state index contributed by atoms with van der Waals surface area (Å²) >= 11 is 12.5. The average molecular weight is 564 g/mol. The number of aryl methyl sites for hydroxylation is 1. The van der Waals surface area contributed by atoms with Crippen molar-refractivity contribution in [2.24, 2.45) is 0 Å². The lowest BCUT2D eigenvalue weighted by molar-refractivity contribution is 0.0514. The average Bonchev–Trinajstić information content (AvgIpc) is 3.21. The van der Waals surface area contributed by atoms with Crippen LogP contribution in [0.2, 0.25) is 10.0 Å². The molecule has 2 amide bonds. The first-order valence-electron chi connectivity index (χ1n) is 12.5. The summed E-state index contributed by atoms with van der Waals surface area (Å²) in [6.07, 6.45) is 2.13. The highest BCUT2D eigenvalue weighted by Gasteiger charge is 2.33. The van der Waals surface area contributed by atoms with Gasteiger partial charge in [0.15, 0.2) is 0 Å². The Bertz CT molecular complexity index is 1250. The van der Waals surface area contributed by atoms with Gasteiger partial charge < -0.3 is 20.1 Å². The lowest BCUT2D eigenvalue weighted by Gasteiger charge is -2.29. The number of hydrogen-bond donors (Lipinski definition) is 3. The summed E-state index contributed by atoms with van der Waals surface area (Å²) in [7, 11) is 1.64. The Morgan fingerprint density at radius 1 is 1.16 bits per heavy atom. The number of amides is 2. The van der Waals surface area contributed by atoms with E-state index in [1.807, 2.05) is 30.3 Å². The molecular weight excluding hydrogens is 532 g/mol. The lowest BCUT2D eigenvalue weighted by Crippen LogP contribution is -2.42. The largest absolute Gasteiger partial charge is 0.473 e. The molecule has 1 saturated heterocycles. The van der Waals surface area contributed by atoms with Gasteiger partial charge in [0.1, 0.15) is 18.1 Å². The quantitative estimate of drug-likeness (QED) is 0.256. The number of hydrogen-bond acceptors (Lipinski definition) is 5. The van der Waals surface area contributed by atoms with E-state index in [2.05, 4.69) is 21.0 Å². The number of alkyl halides is 1. The molecule has 0 saturated carbocycles. The summed E-state index contributed by atoms with van der Waals surface area (Å²) in [4.78, 5) is 13.2. The van der Waals surface area contributed by atoms with E-state index >= 15 is 4.39 Å². The van der Waals surface area contributed by atoms with Crippen molar-refractivity contribution in [1.29, 1.82) is 0 Å². The van der Waals surface area contributed by atoms with Gasteiger partial charge in [-0.2, -0.15) is 0 Å². The van der Waals surface area contributed by atoms with Gasteiger partial charge in [0.25, 0.3) is 0 Å². The molecule has 204 valence electrons. The second-order valence-electron chi connectivity index (χ2n) is 9.31. The van der Waals surface area contributed by atoms with Gasteiger partial charge >= 0.3 is 6.03 Å². The Morgan fingerprint density at radius 2 is 1.87 bits per heavy atom. The molecule has 1 aromatic heterocycles. The lowest BCUT2D eigenvalue weighted by atomic mass is 9.96. The van der Waals surface area contributed by atoms with Crippen molar-refractivity contribution in [1.82, 2.24) is 15.1 Å². The van der Waals surface area contributed by atoms with Crippen molar-refractivity contribution in [2.75, 3.05) is 44.0 Å². The minimum atomic E-state index is -1.42. The van der Waals surface area contributed by atoms with Crippen LogP contribution in [0.3, 0.4) is 0 Å². The third kappa shape index (κ3) is 6.96. The Labute approximate surface area is 231 Å². The Hall–Kier alpha value is -2.85. The first kappa shape index (κ1) is 28.2. The van der Waals surface area contributed by atoms with Gasteiger partial charge in [-0.05, 0) is 75.5 Å². The third-order valence-electron chi connectivity index (χ3n) is 6.47. The van der Waals surface area contributed by atoms with Crippen molar-refractivity contribution in [3.8, 4) is 11.6 Å². The molecule has 0 atom stereocenters. The highest BCUT2D eigenvalue weighted by Crippen LogP contribution is 2.33. The number of para-hydroxylation sites is 1. The van der Waals surface area contributed by atoms with E-state index in [1.54, 1.807) is 30.8 Å². The number of anilines is 2. The molecule has 8 nitrogen and oxygen atoms in total. The monoisotopic (exact) mass is 563 g/mol. The molecule has 38 heavy (non-hydrogen) atoms. The number of ether oxygens (including phenoxy) is 2. The number of methoxy groups -OCH3 is 1. The molecule has 0 aliphatic carbocycles. The molecule has 3 N–H and O–H groups in total. The topological polar surface area (TPSA) is 89.4 Å². The van der Waals surface area contributed by atoms with Gasteiger partial charge in [-0.15, -0.1) is 5.10 Å². The number of rotatable bonds is 10. The van der Waals surface area contributed by atoms with Crippen LogP contribution in [0.5, 0.6) is 5.88 Å². The number of halogens is 3. The predicted molar refractivity (Wildman–Crippen MR) is 149 cm³/mol. The van der Waals surface area contributed by atoms with Gasteiger partial charge in [0.2, 0.25) is 5.88 Å². The van der Waals surface area contributed by atoms with Crippen LogP contribution in [0.4, 0.5) is 20.7 Å². The molecule has 1 fully saturated rings. The Kier molecular flexibility index (Phi) is 9.49. The number of benzene rings is 2. The zero-order chi connectivity index (χ0) is 27.1. The van der Waals surface area contributed by atoms with Crippen LogP contribution in [-0.2, 0) is 11.2 Å². The zero-order valence-electron chi connectivity index (χ0n) is 21.5. The molecule has 2 aromatic carbocycles. The van der Waals surface area contributed by atoms with Crippen LogP contribution in [0.25, 0.3) is 5.69 Å². The second kappa shape index (κ2) is 12.8. The van der Waals surface area contributed by atoms with Gasteiger partial charge in [-0.3, -0.25) is 5.32 Å². The maximum atomic E-state index is 15.2. The van der Waals surface area contributed by atoms with Crippen molar-refractivity contribution in [3.05, 3.63) is 63.6 Å². The fourth-order valence-electron chi connectivity index (χ4n) is 4.31. The number of urea groups is 1. The van der Waals surface area contributed by atoms with Crippen LogP contribution in [0.1, 0.15) is 30.4 Å². The van der Waals surface area contributed by atoms with E-state index in [9.17, 15) is 4.79 Å². The van der Waals surface area contributed by atoms with E-state index in [0.29, 0.717) is 71.8 Å². The SMILES string of the molecule is COCCCc1cc(Cl)c(Cl)cc1NC(=O)Nc1c(C)c(OCC2(F)CCNCC2)nn1-c1ccccc1. The van der Waals surface area contributed by atoms with Gasteiger partial charge in [0.05, 0.1) is 21.3 Å². The highest BCUT2D eigenvalue weighted by molar-refractivity contribution is 6.42. The van der Waals surface area contributed by atoms with Crippen LogP contribution in [0.15, 0.2) is 42.5 Å². The van der Waals surface area contributed by atoms with E-state index in [4.69, 9.17) is 32.7 Å². The number of nitrogens with zero attached hydrogens (tertiary/aromatic N) is 2. The van der Waals surface area contributed by atoms with Gasteiger partial charge in [-0.1, -0.05) is 41.4 Å².